The first-order valence-corrected chi connectivity index (χ1v) is 7.53. The van der Waals surface area contributed by atoms with Crippen LogP contribution in [0.1, 0.15) is 24.0 Å². The van der Waals surface area contributed by atoms with Crippen LogP contribution in [0.15, 0.2) is 30.3 Å². The predicted octanol–water partition coefficient (Wildman–Crippen LogP) is 3.13. The third-order valence-electron chi connectivity index (χ3n) is 3.97. The van der Waals surface area contributed by atoms with Crippen molar-refractivity contribution in [1.82, 2.24) is 4.90 Å². The molecular formula is C17H18F3NO3. The van der Waals surface area contributed by atoms with E-state index < -0.39 is 11.7 Å². The van der Waals surface area contributed by atoms with Gasteiger partial charge in [0.15, 0.2) is 0 Å². The highest BCUT2D eigenvalue weighted by Crippen LogP contribution is 2.29. The van der Waals surface area contributed by atoms with Gasteiger partial charge in [0.1, 0.15) is 0 Å². The van der Waals surface area contributed by atoms with Crippen LogP contribution in [0.4, 0.5) is 13.2 Å². The summed E-state index contributed by atoms with van der Waals surface area (Å²) >= 11 is 0. The SMILES string of the molecule is COC(=O)C1CCN(C(=O)C=Cc2cccc(C(F)(F)F)c2)CC1. The molecule has 0 N–H and O–H groups in total. The van der Waals surface area contributed by atoms with Crippen molar-refractivity contribution >= 4 is 18.0 Å². The van der Waals surface area contributed by atoms with Crippen LogP contribution in [-0.2, 0) is 20.5 Å². The van der Waals surface area contributed by atoms with Crippen LogP contribution in [-0.4, -0.2) is 37.0 Å². The van der Waals surface area contributed by atoms with E-state index in [0.29, 0.717) is 31.5 Å². The van der Waals surface area contributed by atoms with Crippen molar-refractivity contribution in [1.29, 1.82) is 0 Å². The molecule has 0 atom stereocenters. The largest absolute Gasteiger partial charge is 0.469 e. The molecule has 7 heteroatoms. The lowest BCUT2D eigenvalue weighted by Gasteiger charge is -2.29. The number of piperidine rings is 1. The first-order chi connectivity index (χ1) is 11.3. The number of esters is 1. The number of amides is 1. The molecule has 0 radical (unpaired) electrons. The molecule has 4 nitrogen and oxygen atoms in total. The number of hydrogen-bond donors (Lipinski definition) is 0. The number of carbonyl (C=O) groups is 2. The molecule has 0 spiro atoms. The summed E-state index contributed by atoms with van der Waals surface area (Å²) in [5, 5.41) is 0. The van der Waals surface area contributed by atoms with Gasteiger partial charge >= 0.3 is 12.1 Å². The van der Waals surface area contributed by atoms with E-state index in [2.05, 4.69) is 4.74 Å². The minimum Gasteiger partial charge on any atom is -0.469 e. The molecule has 1 aromatic carbocycles. The zero-order chi connectivity index (χ0) is 17.7. The Bertz CT molecular complexity index is 632. The van der Waals surface area contributed by atoms with Gasteiger partial charge in [0.05, 0.1) is 18.6 Å². The Kier molecular flexibility index (Phi) is 5.64. The van der Waals surface area contributed by atoms with Crippen LogP contribution in [0, 0.1) is 5.92 Å². The maximum absolute atomic E-state index is 12.7. The maximum atomic E-state index is 12.7. The van der Waals surface area contributed by atoms with E-state index >= 15 is 0 Å². The van der Waals surface area contributed by atoms with Gasteiger partial charge in [-0.3, -0.25) is 9.59 Å². The average molecular weight is 341 g/mol. The predicted molar refractivity (Wildman–Crippen MR) is 81.8 cm³/mol. The highest BCUT2D eigenvalue weighted by Gasteiger charge is 2.30. The fraction of sp³-hybridized carbons (Fsp3) is 0.412. The summed E-state index contributed by atoms with van der Waals surface area (Å²) in [7, 11) is 1.33. The van der Waals surface area contributed by atoms with Crippen molar-refractivity contribution in [3.05, 3.63) is 41.5 Å². The molecule has 1 saturated heterocycles. The number of halogens is 3. The molecular weight excluding hydrogens is 323 g/mol. The third-order valence-corrected chi connectivity index (χ3v) is 3.97. The highest BCUT2D eigenvalue weighted by molar-refractivity contribution is 5.92. The number of rotatable bonds is 3. The van der Waals surface area contributed by atoms with Gasteiger partial charge in [0.2, 0.25) is 5.91 Å². The second kappa shape index (κ2) is 7.51. The fourth-order valence-corrected chi connectivity index (χ4v) is 2.59. The number of hydrogen-bond acceptors (Lipinski definition) is 3. The number of carbonyl (C=O) groups excluding carboxylic acids is 2. The lowest BCUT2D eigenvalue weighted by molar-refractivity contribution is -0.148. The standard InChI is InChI=1S/C17H18F3NO3/c1-24-16(23)13-7-9-21(10-8-13)15(22)6-5-12-3-2-4-14(11-12)17(18,19)20/h2-6,11,13H,7-10H2,1H3. The van der Waals surface area contributed by atoms with Gasteiger partial charge < -0.3 is 9.64 Å². The summed E-state index contributed by atoms with van der Waals surface area (Å²) in [5.41, 5.74) is -0.446. The first-order valence-electron chi connectivity index (χ1n) is 7.53. The minimum atomic E-state index is -4.41. The molecule has 1 aliphatic rings. The fourth-order valence-electron chi connectivity index (χ4n) is 2.59. The van der Waals surface area contributed by atoms with E-state index in [1.54, 1.807) is 4.90 Å². The first kappa shape index (κ1) is 18.0. The van der Waals surface area contributed by atoms with Crippen LogP contribution in [0.5, 0.6) is 0 Å². The van der Waals surface area contributed by atoms with Crippen molar-refractivity contribution in [2.45, 2.75) is 19.0 Å². The summed E-state index contributed by atoms with van der Waals surface area (Å²) in [5.74, 6) is -0.760. The lowest BCUT2D eigenvalue weighted by atomic mass is 9.97. The Hall–Kier alpha value is -2.31. The molecule has 1 fully saturated rings. The Balaban J connectivity index is 1.96. The Morgan fingerprint density at radius 3 is 2.50 bits per heavy atom. The van der Waals surface area contributed by atoms with Crippen molar-refractivity contribution < 1.29 is 27.5 Å². The smallest absolute Gasteiger partial charge is 0.416 e. The van der Waals surface area contributed by atoms with Crippen LogP contribution >= 0.6 is 0 Å². The number of likely N-dealkylation sites (tertiary alicyclic amines) is 1. The van der Waals surface area contributed by atoms with E-state index in [9.17, 15) is 22.8 Å². The number of benzene rings is 1. The van der Waals surface area contributed by atoms with Crippen LogP contribution in [0.3, 0.4) is 0 Å². The Labute approximate surface area is 137 Å². The molecule has 1 aliphatic heterocycles. The molecule has 0 unspecified atom stereocenters. The van der Waals surface area contributed by atoms with Gasteiger partial charge in [-0.25, -0.2) is 0 Å². The average Bonchev–Trinajstić information content (AvgIpc) is 2.58. The van der Waals surface area contributed by atoms with E-state index in [-0.39, 0.29) is 17.8 Å². The quantitative estimate of drug-likeness (QED) is 0.627. The molecule has 0 aromatic heterocycles. The molecule has 1 aromatic rings. The molecule has 24 heavy (non-hydrogen) atoms. The summed E-state index contributed by atoms with van der Waals surface area (Å²) in [6.07, 6.45) is -0.743. The number of alkyl halides is 3. The molecule has 1 amide bonds. The number of nitrogens with zero attached hydrogens (tertiary/aromatic N) is 1. The van der Waals surface area contributed by atoms with E-state index in [4.69, 9.17) is 0 Å². The molecule has 130 valence electrons. The lowest BCUT2D eigenvalue weighted by Crippen LogP contribution is -2.39. The van der Waals surface area contributed by atoms with E-state index in [0.717, 1.165) is 12.1 Å². The van der Waals surface area contributed by atoms with Gasteiger partial charge in [0, 0.05) is 19.2 Å². The van der Waals surface area contributed by atoms with Gasteiger partial charge in [0.25, 0.3) is 0 Å². The van der Waals surface area contributed by atoms with Crippen LogP contribution in [0.25, 0.3) is 6.08 Å². The van der Waals surface area contributed by atoms with Crippen molar-refractivity contribution in [2.75, 3.05) is 20.2 Å². The zero-order valence-corrected chi connectivity index (χ0v) is 13.2. The van der Waals surface area contributed by atoms with E-state index in [1.807, 2.05) is 0 Å². The second-order valence-electron chi connectivity index (χ2n) is 5.58. The molecule has 1 heterocycles. The van der Waals surface area contributed by atoms with Crippen molar-refractivity contribution in [2.24, 2.45) is 5.92 Å². The Morgan fingerprint density at radius 1 is 1.25 bits per heavy atom. The summed E-state index contributed by atoms with van der Waals surface area (Å²) in [4.78, 5) is 25.1. The molecule has 2 rings (SSSR count). The van der Waals surface area contributed by atoms with Crippen LogP contribution < -0.4 is 0 Å². The normalized spacial score (nSPS) is 16.4. The second-order valence-corrected chi connectivity index (χ2v) is 5.58. The Morgan fingerprint density at radius 2 is 1.92 bits per heavy atom. The summed E-state index contributed by atoms with van der Waals surface area (Å²) in [6, 6.07) is 4.78. The molecule has 0 aliphatic carbocycles. The summed E-state index contributed by atoms with van der Waals surface area (Å²) < 4.78 is 42.6. The number of ether oxygens (including phenoxy) is 1. The molecule has 0 bridgehead atoms. The highest BCUT2D eigenvalue weighted by atomic mass is 19.4. The van der Waals surface area contributed by atoms with E-state index in [1.165, 1.54) is 31.4 Å². The van der Waals surface area contributed by atoms with Gasteiger partial charge in [-0.1, -0.05) is 12.1 Å². The van der Waals surface area contributed by atoms with Gasteiger partial charge in [-0.05, 0) is 36.6 Å². The monoisotopic (exact) mass is 341 g/mol. The van der Waals surface area contributed by atoms with Gasteiger partial charge in [-0.2, -0.15) is 13.2 Å². The summed E-state index contributed by atoms with van der Waals surface area (Å²) in [6.45, 7) is 0.844. The number of methoxy groups -OCH3 is 1. The topological polar surface area (TPSA) is 46.6 Å². The van der Waals surface area contributed by atoms with Crippen molar-refractivity contribution in [3.8, 4) is 0 Å². The molecule has 0 saturated carbocycles. The van der Waals surface area contributed by atoms with Crippen LogP contribution in [0.2, 0.25) is 0 Å². The minimum absolute atomic E-state index is 0.202. The third kappa shape index (κ3) is 4.59. The maximum Gasteiger partial charge on any atom is 0.416 e. The zero-order valence-electron chi connectivity index (χ0n) is 13.2. The van der Waals surface area contributed by atoms with Gasteiger partial charge in [-0.15, -0.1) is 0 Å². The van der Waals surface area contributed by atoms with Crippen molar-refractivity contribution in [3.63, 3.8) is 0 Å².